The maximum Gasteiger partial charge on any atom is 0.260 e. The summed E-state index contributed by atoms with van der Waals surface area (Å²) < 4.78 is 13.3. The van der Waals surface area contributed by atoms with Gasteiger partial charge in [-0.2, -0.15) is 0 Å². The second kappa shape index (κ2) is 12.3. The summed E-state index contributed by atoms with van der Waals surface area (Å²) in [5.74, 6) is -0.116. The van der Waals surface area contributed by atoms with Gasteiger partial charge in [-0.15, -0.1) is 11.8 Å². The van der Waals surface area contributed by atoms with Crippen LogP contribution < -0.4 is 4.90 Å². The number of amides is 2. The normalized spacial score (nSPS) is 21.9. The molecule has 2 aliphatic heterocycles. The van der Waals surface area contributed by atoms with E-state index in [4.69, 9.17) is 0 Å². The molecule has 0 aromatic heterocycles. The minimum absolute atomic E-state index is 0.0147. The summed E-state index contributed by atoms with van der Waals surface area (Å²) in [6.45, 7) is 7.53. The second-order valence-corrected chi connectivity index (χ2v) is 13.0. The lowest BCUT2D eigenvalue weighted by molar-refractivity contribution is -0.130. The Morgan fingerprint density at radius 3 is 2.38 bits per heavy atom. The van der Waals surface area contributed by atoms with Gasteiger partial charge < -0.3 is 14.7 Å². The molecule has 3 aromatic carbocycles. The number of hydrogen-bond donors (Lipinski definition) is 0. The third-order valence-electron chi connectivity index (χ3n) is 8.88. The van der Waals surface area contributed by atoms with Crippen molar-refractivity contribution < 1.29 is 14.0 Å². The summed E-state index contributed by atoms with van der Waals surface area (Å²) in [5, 5.41) is 0.419. The molecule has 3 aromatic rings. The highest BCUT2D eigenvalue weighted by Gasteiger charge is 2.40. The van der Waals surface area contributed by atoms with E-state index in [2.05, 4.69) is 41.8 Å². The zero-order chi connectivity index (χ0) is 29.2. The number of thioether (sulfide) groups is 1. The molecule has 2 atom stereocenters. The lowest BCUT2D eigenvalue weighted by atomic mass is 9.92. The molecule has 0 bridgehead atoms. The van der Waals surface area contributed by atoms with Gasteiger partial charge in [0.25, 0.3) is 11.8 Å². The van der Waals surface area contributed by atoms with Crippen molar-refractivity contribution in [1.29, 1.82) is 0 Å². The summed E-state index contributed by atoms with van der Waals surface area (Å²) in [6.07, 6.45) is 6.58. The van der Waals surface area contributed by atoms with Crippen LogP contribution in [0.5, 0.6) is 0 Å². The number of rotatable bonds is 5. The van der Waals surface area contributed by atoms with Gasteiger partial charge in [0.1, 0.15) is 5.82 Å². The minimum Gasteiger partial charge on any atom is -0.368 e. The smallest absolute Gasteiger partial charge is 0.260 e. The molecule has 1 aliphatic carbocycles. The highest BCUT2D eigenvalue weighted by molar-refractivity contribution is 8.04. The van der Waals surface area contributed by atoms with E-state index in [0.29, 0.717) is 43.5 Å². The van der Waals surface area contributed by atoms with Gasteiger partial charge in [-0.3, -0.25) is 9.59 Å². The summed E-state index contributed by atoms with van der Waals surface area (Å²) >= 11 is 1.74. The zero-order valence-electron chi connectivity index (χ0n) is 24.4. The molecule has 0 spiro atoms. The van der Waals surface area contributed by atoms with Gasteiger partial charge in [0.15, 0.2) is 0 Å². The summed E-state index contributed by atoms with van der Waals surface area (Å²) in [5.41, 5.74) is 6.23. The summed E-state index contributed by atoms with van der Waals surface area (Å²) in [7, 11) is 0. The van der Waals surface area contributed by atoms with Crippen molar-refractivity contribution in [2.75, 3.05) is 31.1 Å². The highest BCUT2D eigenvalue weighted by Crippen LogP contribution is 2.43. The maximum absolute atomic E-state index is 13.9. The fraction of sp³-hybridized carbons (Fsp3) is 0.371. The average molecular weight is 584 g/mol. The first kappa shape index (κ1) is 28.5. The van der Waals surface area contributed by atoms with Crippen LogP contribution in [0.15, 0.2) is 71.6 Å². The lowest BCUT2D eigenvalue weighted by Crippen LogP contribution is -2.50. The van der Waals surface area contributed by atoms with Gasteiger partial charge >= 0.3 is 0 Å². The Hall–Kier alpha value is -3.58. The molecule has 5 nitrogen and oxygen atoms in total. The number of anilines is 1. The molecule has 2 heterocycles. The van der Waals surface area contributed by atoms with Crippen LogP contribution in [0.4, 0.5) is 10.1 Å². The number of carbonyl (C=O) groups excluding carboxylic acids is 2. The number of hydrogen-bond acceptors (Lipinski definition) is 4. The van der Waals surface area contributed by atoms with Crippen molar-refractivity contribution in [2.45, 2.75) is 57.4 Å². The molecule has 1 saturated carbocycles. The van der Waals surface area contributed by atoms with Crippen LogP contribution in [0, 0.1) is 19.7 Å². The number of aryl methyl sites for hydroxylation is 2. The van der Waals surface area contributed by atoms with Crippen LogP contribution in [0.1, 0.15) is 58.3 Å². The first-order valence-electron chi connectivity index (χ1n) is 15.0. The van der Waals surface area contributed by atoms with E-state index in [-0.39, 0.29) is 23.7 Å². The molecule has 3 fully saturated rings. The number of piperazine rings is 1. The molecule has 2 amide bonds. The topological polar surface area (TPSA) is 43.9 Å². The lowest BCUT2D eigenvalue weighted by Gasteiger charge is -2.44. The largest absolute Gasteiger partial charge is 0.368 e. The molecule has 0 N–H and O–H groups in total. The molecule has 42 heavy (non-hydrogen) atoms. The Kier molecular flexibility index (Phi) is 8.38. The van der Waals surface area contributed by atoms with Crippen molar-refractivity contribution >= 4 is 35.3 Å². The van der Waals surface area contributed by atoms with E-state index in [1.54, 1.807) is 23.9 Å². The Labute approximate surface area is 252 Å². The SMILES string of the molecule is Cc1ccc(C)c(CN2C(=O)/C(=C/c3ccc(C(=O)N4CCN(c5ccc(F)cc5)CC4)cc3)SC3CCCCC32)c1. The van der Waals surface area contributed by atoms with E-state index in [1.807, 2.05) is 35.2 Å². The van der Waals surface area contributed by atoms with Crippen LogP contribution in [0.2, 0.25) is 0 Å². The van der Waals surface area contributed by atoms with Gasteiger partial charge in [-0.25, -0.2) is 4.39 Å². The van der Waals surface area contributed by atoms with Gasteiger partial charge in [-0.1, -0.05) is 48.7 Å². The molecular weight excluding hydrogens is 545 g/mol. The van der Waals surface area contributed by atoms with Crippen molar-refractivity contribution in [1.82, 2.24) is 9.80 Å². The Bertz CT molecular complexity index is 1480. The predicted octanol–water partition coefficient (Wildman–Crippen LogP) is 6.83. The van der Waals surface area contributed by atoms with Crippen molar-refractivity contribution in [3.63, 3.8) is 0 Å². The van der Waals surface area contributed by atoms with Crippen molar-refractivity contribution in [2.24, 2.45) is 0 Å². The van der Waals surface area contributed by atoms with Crippen LogP contribution in [-0.2, 0) is 11.3 Å². The fourth-order valence-electron chi connectivity index (χ4n) is 6.39. The van der Waals surface area contributed by atoms with E-state index in [1.165, 1.54) is 41.7 Å². The number of halogens is 1. The third-order valence-corrected chi connectivity index (χ3v) is 10.3. The number of benzene rings is 3. The third kappa shape index (κ3) is 6.12. The van der Waals surface area contributed by atoms with Crippen LogP contribution in [0.3, 0.4) is 0 Å². The predicted molar refractivity (Wildman–Crippen MR) is 169 cm³/mol. The number of nitrogens with zero attached hydrogens (tertiary/aromatic N) is 3. The Morgan fingerprint density at radius 1 is 0.929 bits per heavy atom. The Morgan fingerprint density at radius 2 is 1.64 bits per heavy atom. The zero-order valence-corrected chi connectivity index (χ0v) is 25.2. The molecule has 6 rings (SSSR count). The maximum atomic E-state index is 13.9. The van der Waals surface area contributed by atoms with Crippen LogP contribution >= 0.6 is 11.8 Å². The number of fused-ring (bicyclic) bond motifs is 1. The van der Waals surface area contributed by atoms with E-state index >= 15 is 0 Å². The van der Waals surface area contributed by atoms with Gasteiger partial charge in [0.05, 0.1) is 4.91 Å². The monoisotopic (exact) mass is 583 g/mol. The summed E-state index contributed by atoms with van der Waals surface area (Å²) in [4.78, 5) is 34.1. The number of carbonyl (C=O) groups is 2. The van der Waals surface area contributed by atoms with E-state index in [0.717, 1.165) is 29.0 Å². The second-order valence-electron chi connectivity index (χ2n) is 11.8. The molecule has 2 saturated heterocycles. The van der Waals surface area contributed by atoms with Crippen molar-refractivity contribution in [3.05, 3.63) is 105 Å². The van der Waals surface area contributed by atoms with Gasteiger partial charge in [0, 0.05) is 55.3 Å². The van der Waals surface area contributed by atoms with Crippen molar-refractivity contribution in [3.8, 4) is 0 Å². The van der Waals surface area contributed by atoms with E-state index < -0.39 is 0 Å². The highest BCUT2D eigenvalue weighted by atomic mass is 32.2. The first-order chi connectivity index (χ1) is 20.4. The molecule has 7 heteroatoms. The van der Waals surface area contributed by atoms with Crippen LogP contribution in [-0.4, -0.2) is 59.1 Å². The Balaban J connectivity index is 1.14. The standard InChI is InChI=1S/C35H38FN3O2S/c1-24-7-8-25(2)28(21-24)23-39-31-5-3-4-6-32(31)42-33(35(39)41)22-26-9-11-27(12-10-26)34(40)38-19-17-37(18-20-38)30-15-13-29(36)14-16-30/h7-16,21-22,31-32H,3-6,17-20,23H2,1-2H3/b33-22-. The fourth-order valence-corrected chi connectivity index (χ4v) is 7.86. The molecule has 0 radical (unpaired) electrons. The van der Waals surface area contributed by atoms with E-state index in [9.17, 15) is 14.0 Å². The molecule has 3 aliphatic rings. The molecule has 218 valence electrons. The minimum atomic E-state index is -0.244. The summed E-state index contributed by atoms with van der Waals surface area (Å²) in [6, 6.07) is 20.9. The average Bonchev–Trinajstić information content (AvgIpc) is 3.01. The van der Waals surface area contributed by atoms with Crippen LogP contribution in [0.25, 0.3) is 6.08 Å². The molecule has 2 unspecified atom stereocenters. The first-order valence-corrected chi connectivity index (χ1v) is 15.9. The molecular formula is C35H38FN3O2S. The van der Waals surface area contributed by atoms with Gasteiger partial charge in [0.2, 0.25) is 0 Å². The quantitative estimate of drug-likeness (QED) is 0.309. The van der Waals surface area contributed by atoms with Gasteiger partial charge in [-0.05, 0) is 85.9 Å².